The third-order valence-electron chi connectivity index (χ3n) is 9.25. The number of unbranched alkanes of at least 4 members (excludes halogenated alkanes) is 1. The predicted molar refractivity (Wildman–Crippen MR) is 224 cm³/mol. The van der Waals surface area contributed by atoms with Gasteiger partial charge in [-0.25, -0.2) is 4.79 Å². The van der Waals surface area contributed by atoms with Gasteiger partial charge in [-0.15, -0.1) is 0 Å². The van der Waals surface area contributed by atoms with E-state index in [1.54, 1.807) is 27.7 Å². The zero-order valence-corrected chi connectivity index (χ0v) is 36.5. The summed E-state index contributed by atoms with van der Waals surface area (Å²) in [7, 11) is 0. The molecular formula is C39H70N10O12. The van der Waals surface area contributed by atoms with Crippen LogP contribution in [0, 0.1) is 17.8 Å². The lowest BCUT2D eigenvalue weighted by Gasteiger charge is -2.29. The van der Waals surface area contributed by atoms with Crippen molar-refractivity contribution < 1.29 is 58.5 Å². The second-order valence-electron chi connectivity index (χ2n) is 16.2. The molecule has 6 amide bonds. The van der Waals surface area contributed by atoms with E-state index >= 15 is 0 Å². The third kappa shape index (κ3) is 23.7. The Labute approximate surface area is 357 Å². The number of guanidine groups is 1. The first-order valence-corrected chi connectivity index (χ1v) is 20.7. The highest BCUT2D eigenvalue weighted by molar-refractivity contribution is 5.97. The fraction of sp³-hybridized carbons (Fsp3) is 0.744. The van der Waals surface area contributed by atoms with Crippen LogP contribution in [0.3, 0.4) is 0 Å². The maximum Gasteiger partial charge on any atom is 0.326 e. The average molecular weight is 871 g/mol. The second-order valence-corrected chi connectivity index (χ2v) is 16.2. The van der Waals surface area contributed by atoms with Crippen molar-refractivity contribution in [2.45, 2.75) is 161 Å². The van der Waals surface area contributed by atoms with Crippen LogP contribution in [-0.2, 0) is 43.2 Å². The maximum absolute atomic E-state index is 13.8. The first-order valence-electron chi connectivity index (χ1n) is 20.7. The summed E-state index contributed by atoms with van der Waals surface area (Å²) in [5.41, 5.74) is 16.8. The molecule has 0 aromatic carbocycles. The summed E-state index contributed by atoms with van der Waals surface area (Å²) < 4.78 is 0. The van der Waals surface area contributed by atoms with Crippen LogP contribution >= 0.6 is 0 Å². The summed E-state index contributed by atoms with van der Waals surface area (Å²) in [5.74, 6) is -9.96. The summed E-state index contributed by atoms with van der Waals surface area (Å²) in [5, 5.41) is 43.3. The number of carboxylic acids is 3. The molecule has 22 heteroatoms. The first-order chi connectivity index (χ1) is 28.4. The van der Waals surface area contributed by atoms with Crippen molar-refractivity contribution in [3.8, 4) is 0 Å². The van der Waals surface area contributed by atoms with Gasteiger partial charge in [-0.05, 0) is 62.7 Å². The van der Waals surface area contributed by atoms with Crippen molar-refractivity contribution in [1.82, 2.24) is 31.9 Å². The smallest absolute Gasteiger partial charge is 0.326 e. The first kappa shape index (κ1) is 55.5. The van der Waals surface area contributed by atoms with Gasteiger partial charge in [0.2, 0.25) is 35.4 Å². The Morgan fingerprint density at radius 2 is 0.934 bits per heavy atom. The van der Waals surface area contributed by atoms with Gasteiger partial charge in [0, 0.05) is 19.4 Å². The van der Waals surface area contributed by atoms with Gasteiger partial charge in [-0.2, -0.15) is 0 Å². The van der Waals surface area contributed by atoms with Crippen molar-refractivity contribution in [2.24, 2.45) is 39.9 Å². The Morgan fingerprint density at radius 3 is 1.36 bits per heavy atom. The SMILES string of the molecule is CCCC[C@H](NC(=O)[C@H](CCC(=O)O)NC(=O)[C@H](CC(C)C)NC(=O)[C@@H](NC(=O)[C@H](CCC(=O)O)NC(=O)[C@H](CCCN=C(N)N)NC(=O)[C@@H](N)CC(C)C)C(C)C)C(=O)O. The van der Waals surface area contributed by atoms with Crippen LogP contribution in [-0.4, -0.2) is 123 Å². The lowest BCUT2D eigenvalue weighted by molar-refractivity contribution is -0.143. The van der Waals surface area contributed by atoms with Gasteiger partial charge in [0.25, 0.3) is 0 Å². The van der Waals surface area contributed by atoms with E-state index in [2.05, 4.69) is 36.9 Å². The number of carboxylic acid groups (broad SMARTS) is 3. The minimum absolute atomic E-state index is 0.00414. The number of carbonyl (C=O) groups excluding carboxylic acids is 6. The molecule has 0 aromatic heterocycles. The quantitative estimate of drug-likeness (QED) is 0.0227. The topological polar surface area (TPSA) is 377 Å². The number of carbonyl (C=O) groups is 9. The standard InChI is InChI=1S/C39H70N10O12/c1-8-9-11-27(38(60)61)47-34(56)25(13-15-29(50)51)46-36(58)28(19-21(4)5)48-37(59)31(22(6)7)49-35(57)26(14-16-30(52)53)45-33(55)24(12-10-17-43-39(41)42)44-32(54)23(40)18-20(2)3/h20-28,31H,8-19,40H2,1-7H3,(H,44,54)(H,45,55)(H,46,58)(H,47,56)(H,48,59)(H,49,57)(H,50,51)(H,52,53)(H,60,61)(H4,41,42,43)/t23-,24-,25-,26-,27-,28-,31-/m0/s1. The molecule has 0 aliphatic heterocycles. The van der Waals surface area contributed by atoms with Gasteiger partial charge in [-0.1, -0.05) is 61.3 Å². The van der Waals surface area contributed by atoms with Gasteiger partial charge < -0.3 is 64.4 Å². The number of nitrogens with one attached hydrogen (secondary N) is 6. The molecule has 7 atom stereocenters. The second kappa shape index (κ2) is 28.8. The number of hydrogen-bond acceptors (Lipinski definition) is 11. The molecular weight excluding hydrogens is 800 g/mol. The van der Waals surface area contributed by atoms with Crippen LogP contribution < -0.4 is 49.1 Å². The monoisotopic (exact) mass is 871 g/mol. The third-order valence-corrected chi connectivity index (χ3v) is 9.25. The van der Waals surface area contributed by atoms with Crippen LogP contribution in [0.1, 0.15) is 119 Å². The van der Waals surface area contributed by atoms with E-state index in [0.717, 1.165) is 0 Å². The van der Waals surface area contributed by atoms with E-state index in [4.69, 9.17) is 17.2 Å². The Hall–Kier alpha value is -5.54. The maximum atomic E-state index is 13.8. The van der Waals surface area contributed by atoms with E-state index in [9.17, 15) is 58.5 Å². The van der Waals surface area contributed by atoms with Crippen molar-refractivity contribution >= 4 is 59.3 Å². The van der Waals surface area contributed by atoms with Crippen molar-refractivity contribution in [3.63, 3.8) is 0 Å². The van der Waals surface area contributed by atoms with Crippen LogP contribution in [0.25, 0.3) is 0 Å². The van der Waals surface area contributed by atoms with Crippen molar-refractivity contribution in [2.75, 3.05) is 6.54 Å². The average Bonchev–Trinajstić information content (AvgIpc) is 3.14. The largest absolute Gasteiger partial charge is 0.481 e. The molecule has 0 fully saturated rings. The minimum Gasteiger partial charge on any atom is -0.481 e. The van der Waals surface area contributed by atoms with E-state index in [0.29, 0.717) is 19.3 Å². The molecule has 348 valence electrons. The Morgan fingerprint density at radius 1 is 0.525 bits per heavy atom. The van der Waals surface area contributed by atoms with Crippen LogP contribution in [0.4, 0.5) is 0 Å². The van der Waals surface area contributed by atoms with Gasteiger partial charge >= 0.3 is 17.9 Å². The van der Waals surface area contributed by atoms with E-state index in [-0.39, 0.29) is 50.0 Å². The predicted octanol–water partition coefficient (Wildman–Crippen LogP) is -0.971. The fourth-order valence-corrected chi connectivity index (χ4v) is 5.98. The molecule has 15 N–H and O–H groups in total. The molecule has 0 aliphatic rings. The fourth-order valence-electron chi connectivity index (χ4n) is 5.98. The van der Waals surface area contributed by atoms with Crippen LogP contribution in [0.5, 0.6) is 0 Å². The lowest BCUT2D eigenvalue weighted by atomic mass is 9.98. The molecule has 0 aliphatic carbocycles. The zero-order valence-electron chi connectivity index (χ0n) is 36.5. The van der Waals surface area contributed by atoms with Crippen LogP contribution in [0.2, 0.25) is 0 Å². The van der Waals surface area contributed by atoms with E-state index < -0.39 is 127 Å². The summed E-state index contributed by atoms with van der Waals surface area (Å²) >= 11 is 0. The Balaban J connectivity index is 6.45. The number of rotatable bonds is 31. The molecule has 61 heavy (non-hydrogen) atoms. The molecule has 0 radical (unpaired) electrons. The summed E-state index contributed by atoms with van der Waals surface area (Å²) in [6.07, 6.45) is -0.176. The zero-order chi connectivity index (χ0) is 47.0. The molecule has 0 saturated heterocycles. The Kier molecular flexibility index (Phi) is 26.2. The lowest BCUT2D eigenvalue weighted by Crippen LogP contribution is -2.61. The molecule has 0 unspecified atom stereocenters. The number of aliphatic carboxylic acids is 3. The highest BCUT2D eigenvalue weighted by Crippen LogP contribution is 2.12. The number of hydrogen-bond donors (Lipinski definition) is 12. The van der Waals surface area contributed by atoms with Gasteiger partial charge in [0.1, 0.15) is 36.3 Å². The van der Waals surface area contributed by atoms with Crippen molar-refractivity contribution in [3.05, 3.63) is 0 Å². The van der Waals surface area contributed by atoms with E-state index in [1.165, 1.54) is 0 Å². The molecule has 0 heterocycles. The highest BCUT2D eigenvalue weighted by Gasteiger charge is 2.35. The summed E-state index contributed by atoms with van der Waals surface area (Å²) in [4.78, 5) is 120. The molecule has 0 aromatic rings. The number of aliphatic imine (C=N–C) groups is 1. The number of nitrogens with two attached hydrogens (primary N) is 3. The number of amides is 6. The molecule has 0 bridgehead atoms. The van der Waals surface area contributed by atoms with E-state index in [1.807, 2.05) is 20.8 Å². The normalized spacial score (nSPS) is 14.6. The van der Waals surface area contributed by atoms with Gasteiger partial charge in [0.15, 0.2) is 5.96 Å². The Bertz CT molecular complexity index is 1520. The molecule has 22 nitrogen and oxygen atoms in total. The minimum atomic E-state index is -1.52. The van der Waals surface area contributed by atoms with Crippen molar-refractivity contribution in [1.29, 1.82) is 0 Å². The number of nitrogens with zero attached hydrogens (tertiary/aromatic N) is 1. The van der Waals surface area contributed by atoms with Crippen LogP contribution in [0.15, 0.2) is 4.99 Å². The summed E-state index contributed by atoms with van der Waals surface area (Å²) in [6, 6.07) is -9.18. The van der Waals surface area contributed by atoms with Gasteiger partial charge in [0.05, 0.1) is 6.04 Å². The molecule has 0 saturated carbocycles. The summed E-state index contributed by atoms with van der Waals surface area (Å²) in [6.45, 7) is 12.3. The van der Waals surface area contributed by atoms with Gasteiger partial charge in [-0.3, -0.25) is 43.3 Å². The molecule has 0 rings (SSSR count). The highest BCUT2D eigenvalue weighted by atomic mass is 16.4. The molecule has 0 spiro atoms.